The van der Waals surface area contributed by atoms with Crippen molar-refractivity contribution in [1.29, 1.82) is 0 Å². The monoisotopic (exact) mass is 310 g/mol. The molecule has 2 aromatic rings. The third-order valence-corrected chi connectivity index (χ3v) is 3.70. The van der Waals surface area contributed by atoms with Gasteiger partial charge in [0.2, 0.25) is 5.75 Å². The lowest BCUT2D eigenvalue weighted by Crippen LogP contribution is -2.09. The van der Waals surface area contributed by atoms with Crippen LogP contribution in [0.25, 0.3) is 0 Å². The molecule has 0 amide bonds. The van der Waals surface area contributed by atoms with Crippen LogP contribution >= 0.6 is 0 Å². The van der Waals surface area contributed by atoms with E-state index in [2.05, 4.69) is 0 Å². The van der Waals surface area contributed by atoms with E-state index in [0.717, 1.165) is 24.3 Å². The van der Waals surface area contributed by atoms with Gasteiger partial charge >= 0.3 is 0 Å². The van der Waals surface area contributed by atoms with E-state index in [0.29, 0.717) is 0 Å². The summed E-state index contributed by atoms with van der Waals surface area (Å²) in [7, 11) is -4.63. The molecule has 0 spiro atoms. The summed E-state index contributed by atoms with van der Waals surface area (Å²) in [5.74, 6) is -3.35. The zero-order chi connectivity index (χ0) is 15.8. The molecular weight excluding hydrogens is 300 g/mol. The summed E-state index contributed by atoms with van der Waals surface area (Å²) in [5.41, 5.74) is -0.790. The largest absolute Gasteiger partial charge is 0.504 e. The van der Waals surface area contributed by atoms with Gasteiger partial charge in [-0.1, -0.05) is 12.1 Å². The zero-order valence-corrected chi connectivity index (χ0v) is 11.2. The Morgan fingerprint density at radius 2 is 1.48 bits per heavy atom. The molecule has 0 unspecified atom stereocenters. The first kappa shape index (κ1) is 14.8. The van der Waals surface area contributed by atoms with Crippen molar-refractivity contribution in [2.24, 2.45) is 0 Å². The van der Waals surface area contributed by atoms with Crippen LogP contribution in [-0.2, 0) is 10.1 Å². The zero-order valence-electron chi connectivity index (χ0n) is 10.4. The van der Waals surface area contributed by atoms with Crippen molar-refractivity contribution in [1.82, 2.24) is 0 Å². The molecule has 0 aromatic heterocycles. The number of phenolic OH excluding ortho intramolecular Hbond substituents is 3. The molecule has 0 fully saturated rings. The van der Waals surface area contributed by atoms with Gasteiger partial charge in [-0.2, -0.15) is 8.42 Å². The average molecular weight is 310 g/mol. The number of hydrogen-bond acceptors (Lipinski definition) is 6. The van der Waals surface area contributed by atoms with Crippen LogP contribution in [0.4, 0.5) is 0 Å². The molecule has 110 valence electrons. The van der Waals surface area contributed by atoms with E-state index in [-0.39, 0.29) is 5.56 Å². The third kappa shape index (κ3) is 2.67. The van der Waals surface area contributed by atoms with Crippen molar-refractivity contribution >= 4 is 15.9 Å². The van der Waals surface area contributed by atoms with Crippen molar-refractivity contribution in [2.75, 3.05) is 0 Å². The van der Waals surface area contributed by atoms with Crippen molar-refractivity contribution in [2.45, 2.75) is 4.90 Å². The Morgan fingerprint density at radius 3 is 2.10 bits per heavy atom. The molecular formula is C13H10O7S. The minimum Gasteiger partial charge on any atom is -0.504 e. The number of benzene rings is 2. The third-order valence-electron chi connectivity index (χ3n) is 2.78. The molecule has 0 radical (unpaired) electrons. The molecule has 7 nitrogen and oxygen atoms in total. The molecule has 0 heterocycles. The van der Waals surface area contributed by atoms with E-state index >= 15 is 0 Å². The Kier molecular flexibility index (Phi) is 3.58. The number of phenols is 3. The molecule has 0 aliphatic heterocycles. The minimum atomic E-state index is -4.63. The van der Waals surface area contributed by atoms with Gasteiger partial charge in [-0.3, -0.25) is 9.35 Å². The van der Waals surface area contributed by atoms with E-state index in [1.54, 1.807) is 0 Å². The fraction of sp³-hybridized carbons (Fsp3) is 0. The second-order valence-corrected chi connectivity index (χ2v) is 5.52. The molecule has 4 N–H and O–H groups in total. The van der Waals surface area contributed by atoms with Gasteiger partial charge in [-0.15, -0.1) is 0 Å². The highest BCUT2D eigenvalue weighted by Crippen LogP contribution is 2.38. The maximum absolute atomic E-state index is 12.3. The van der Waals surface area contributed by atoms with Gasteiger partial charge in [0.05, 0.1) is 5.56 Å². The molecule has 0 atom stereocenters. The highest BCUT2D eigenvalue weighted by atomic mass is 32.2. The highest BCUT2D eigenvalue weighted by molar-refractivity contribution is 7.86. The summed E-state index contributed by atoms with van der Waals surface area (Å²) < 4.78 is 31.6. The molecule has 0 saturated heterocycles. The Balaban J connectivity index is 2.65. The van der Waals surface area contributed by atoms with Crippen LogP contribution in [0.2, 0.25) is 0 Å². The Hall–Kier alpha value is -2.58. The van der Waals surface area contributed by atoms with Crippen LogP contribution in [0.3, 0.4) is 0 Å². The molecule has 0 saturated carbocycles. The first-order chi connectivity index (χ1) is 9.73. The van der Waals surface area contributed by atoms with Gasteiger partial charge in [0, 0.05) is 5.56 Å². The maximum Gasteiger partial charge on any atom is 0.295 e. The molecule has 2 rings (SSSR count). The van der Waals surface area contributed by atoms with Crippen molar-refractivity contribution in [3.63, 3.8) is 0 Å². The standard InChI is InChI=1S/C13H10O7S/c14-9-6-5-8(12(16)13(9)17)11(15)7-3-1-2-4-10(7)21(18,19)20/h1-6,14,16-17H,(H,18,19,20). The number of carbonyl (C=O) groups is 1. The van der Waals surface area contributed by atoms with Crippen LogP contribution in [-0.4, -0.2) is 34.1 Å². The van der Waals surface area contributed by atoms with E-state index in [1.165, 1.54) is 12.1 Å². The summed E-state index contributed by atoms with van der Waals surface area (Å²) in [5, 5.41) is 28.3. The predicted molar refractivity (Wildman–Crippen MR) is 71.1 cm³/mol. The fourth-order valence-electron chi connectivity index (χ4n) is 1.78. The summed E-state index contributed by atoms with van der Waals surface area (Å²) in [6.45, 7) is 0. The number of ketones is 1. The number of rotatable bonds is 3. The van der Waals surface area contributed by atoms with E-state index in [1.807, 2.05) is 0 Å². The predicted octanol–water partition coefficient (Wildman–Crippen LogP) is 1.28. The number of carbonyl (C=O) groups excluding carboxylic acids is 1. The topological polar surface area (TPSA) is 132 Å². The second kappa shape index (κ2) is 5.08. The Labute approximate surface area is 119 Å². The first-order valence-electron chi connectivity index (χ1n) is 5.58. The molecule has 0 bridgehead atoms. The van der Waals surface area contributed by atoms with Gasteiger partial charge in [0.25, 0.3) is 10.1 Å². The summed E-state index contributed by atoms with van der Waals surface area (Å²) in [6.07, 6.45) is 0. The lowest BCUT2D eigenvalue weighted by atomic mass is 10.0. The van der Waals surface area contributed by atoms with Gasteiger partial charge in [0.1, 0.15) is 4.90 Å². The number of hydrogen-bond donors (Lipinski definition) is 4. The van der Waals surface area contributed by atoms with Crippen molar-refractivity contribution in [3.8, 4) is 17.2 Å². The van der Waals surface area contributed by atoms with Crippen LogP contribution < -0.4 is 0 Å². The SMILES string of the molecule is O=C(c1ccccc1S(=O)(=O)O)c1ccc(O)c(O)c1O. The van der Waals surface area contributed by atoms with Crippen LogP contribution in [0.15, 0.2) is 41.3 Å². The molecule has 0 aliphatic rings. The lowest BCUT2D eigenvalue weighted by molar-refractivity contribution is 0.103. The molecule has 21 heavy (non-hydrogen) atoms. The van der Waals surface area contributed by atoms with Gasteiger partial charge in [-0.25, -0.2) is 0 Å². The van der Waals surface area contributed by atoms with Crippen LogP contribution in [0.1, 0.15) is 15.9 Å². The molecule has 0 aliphatic carbocycles. The number of aromatic hydroxyl groups is 3. The smallest absolute Gasteiger partial charge is 0.295 e. The minimum absolute atomic E-state index is 0.375. The van der Waals surface area contributed by atoms with E-state index in [4.69, 9.17) is 4.55 Å². The summed E-state index contributed by atoms with van der Waals surface area (Å²) in [4.78, 5) is 11.6. The van der Waals surface area contributed by atoms with Crippen molar-refractivity contribution in [3.05, 3.63) is 47.5 Å². The Morgan fingerprint density at radius 1 is 0.857 bits per heavy atom. The maximum atomic E-state index is 12.3. The normalized spacial score (nSPS) is 11.3. The average Bonchev–Trinajstić information content (AvgIpc) is 2.43. The van der Waals surface area contributed by atoms with Crippen molar-refractivity contribution < 1.29 is 33.1 Å². The van der Waals surface area contributed by atoms with Crippen LogP contribution in [0, 0.1) is 0 Å². The first-order valence-corrected chi connectivity index (χ1v) is 7.02. The van der Waals surface area contributed by atoms with Gasteiger partial charge in [0.15, 0.2) is 17.3 Å². The van der Waals surface area contributed by atoms with Gasteiger partial charge in [-0.05, 0) is 24.3 Å². The molecule has 2 aromatic carbocycles. The summed E-state index contributed by atoms with van der Waals surface area (Å²) in [6, 6.07) is 6.85. The van der Waals surface area contributed by atoms with Gasteiger partial charge < -0.3 is 15.3 Å². The quantitative estimate of drug-likeness (QED) is 0.381. The van der Waals surface area contributed by atoms with E-state index < -0.39 is 43.6 Å². The Bertz CT molecular complexity index is 824. The second-order valence-electron chi connectivity index (χ2n) is 4.13. The molecule has 8 heteroatoms. The lowest BCUT2D eigenvalue weighted by Gasteiger charge is -2.09. The summed E-state index contributed by atoms with van der Waals surface area (Å²) >= 11 is 0. The van der Waals surface area contributed by atoms with E-state index in [9.17, 15) is 28.5 Å². The van der Waals surface area contributed by atoms with Crippen LogP contribution in [0.5, 0.6) is 17.2 Å². The highest BCUT2D eigenvalue weighted by Gasteiger charge is 2.24. The fourth-order valence-corrected chi connectivity index (χ4v) is 2.47.